The number of hydrogen-bond donors (Lipinski definition) is 3. The first kappa shape index (κ1) is 17.8. The molecular formula is C20H23N5OS. The van der Waals surface area contributed by atoms with Crippen molar-refractivity contribution in [2.24, 2.45) is 5.92 Å². The van der Waals surface area contributed by atoms with E-state index in [2.05, 4.69) is 16.7 Å². The topological polar surface area (TPSA) is 99.9 Å². The highest BCUT2D eigenvalue weighted by atomic mass is 32.1. The van der Waals surface area contributed by atoms with Crippen LogP contribution in [0, 0.1) is 31.1 Å². The molecule has 1 aliphatic heterocycles. The molecule has 0 bridgehead atoms. The van der Waals surface area contributed by atoms with E-state index in [4.69, 9.17) is 15.1 Å². The Hall–Kier alpha value is -2.56. The average Bonchev–Trinajstić information content (AvgIpc) is 3.21. The molecule has 1 saturated heterocycles. The molecule has 0 atom stereocenters. The Balaban J connectivity index is 1.81. The smallest absolute Gasteiger partial charge is 0.146 e. The van der Waals surface area contributed by atoms with Crippen LogP contribution in [0.25, 0.3) is 21.5 Å². The predicted octanol–water partition coefficient (Wildman–Crippen LogP) is 4.04. The summed E-state index contributed by atoms with van der Waals surface area (Å²) in [6.45, 7) is 6.82. The van der Waals surface area contributed by atoms with Crippen LogP contribution in [-0.2, 0) is 0 Å². The van der Waals surface area contributed by atoms with Gasteiger partial charge < -0.3 is 20.8 Å². The molecule has 0 aromatic carbocycles. The molecule has 27 heavy (non-hydrogen) atoms. The van der Waals surface area contributed by atoms with Gasteiger partial charge in [0.1, 0.15) is 33.8 Å². The zero-order valence-corrected chi connectivity index (χ0v) is 16.4. The normalized spacial score (nSPS) is 15.1. The minimum Gasteiger partial charge on any atom is -0.461 e. The maximum Gasteiger partial charge on any atom is 0.146 e. The van der Waals surface area contributed by atoms with Gasteiger partial charge in [0, 0.05) is 17.3 Å². The molecule has 1 fully saturated rings. The number of anilines is 2. The molecule has 3 aromatic heterocycles. The van der Waals surface area contributed by atoms with E-state index in [1.54, 1.807) is 0 Å². The lowest BCUT2D eigenvalue weighted by Gasteiger charge is -2.23. The summed E-state index contributed by atoms with van der Waals surface area (Å²) in [6.07, 6.45) is 2.26. The minimum atomic E-state index is 0.496. The molecule has 4 rings (SSSR count). The van der Waals surface area contributed by atoms with Crippen LogP contribution in [0.1, 0.15) is 29.7 Å². The van der Waals surface area contributed by atoms with Crippen LogP contribution in [-0.4, -0.2) is 24.6 Å². The Bertz CT molecular complexity index is 1000. The fraction of sp³-hybridized carbons (Fsp3) is 0.400. The van der Waals surface area contributed by atoms with Crippen LogP contribution in [0.4, 0.5) is 11.5 Å². The van der Waals surface area contributed by atoms with Crippen molar-refractivity contribution in [1.29, 1.82) is 5.26 Å². The quantitative estimate of drug-likeness (QED) is 0.631. The van der Waals surface area contributed by atoms with Crippen molar-refractivity contribution >= 4 is 33.1 Å². The van der Waals surface area contributed by atoms with Crippen molar-refractivity contribution in [2.45, 2.75) is 26.7 Å². The summed E-state index contributed by atoms with van der Waals surface area (Å²) >= 11 is 1.49. The summed E-state index contributed by atoms with van der Waals surface area (Å²) in [5.41, 5.74) is 9.14. The lowest BCUT2D eigenvalue weighted by atomic mass is 9.98. The van der Waals surface area contributed by atoms with Gasteiger partial charge in [-0.25, -0.2) is 4.98 Å². The van der Waals surface area contributed by atoms with E-state index in [0.29, 0.717) is 28.7 Å². The van der Waals surface area contributed by atoms with Crippen LogP contribution >= 0.6 is 11.3 Å². The fourth-order valence-electron chi connectivity index (χ4n) is 3.60. The molecule has 4 heterocycles. The van der Waals surface area contributed by atoms with E-state index in [-0.39, 0.29) is 0 Å². The van der Waals surface area contributed by atoms with Gasteiger partial charge in [-0.1, -0.05) is 0 Å². The first-order valence-electron chi connectivity index (χ1n) is 9.21. The van der Waals surface area contributed by atoms with Crippen LogP contribution < -0.4 is 16.4 Å². The third-order valence-electron chi connectivity index (χ3n) is 5.29. The van der Waals surface area contributed by atoms with E-state index in [0.717, 1.165) is 59.6 Å². The standard InChI is InChI=1S/C20H23N5OS/c1-11-7-16(26-12(11)2)17-14(8-21)19(24-9-13-3-5-23-6-4-13)25-20-18(17)15(22)10-27-20/h7,10,13,23H,3-6,9,22H2,1-2H3,(H,24,25). The van der Waals surface area contributed by atoms with E-state index in [1.807, 2.05) is 25.3 Å². The lowest BCUT2D eigenvalue weighted by molar-refractivity contribution is 0.389. The van der Waals surface area contributed by atoms with Gasteiger partial charge in [0.25, 0.3) is 0 Å². The molecule has 0 aliphatic carbocycles. The van der Waals surface area contributed by atoms with Gasteiger partial charge >= 0.3 is 0 Å². The minimum absolute atomic E-state index is 0.496. The number of hydrogen-bond acceptors (Lipinski definition) is 7. The second-order valence-electron chi connectivity index (χ2n) is 7.12. The third kappa shape index (κ3) is 3.27. The molecule has 6 nitrogen and oxygen atoms in total. The van der Waals surface area contributed by atoms with E-state index < -0.39 is 0 Å². The molecule has 0 saturated carbocycles. The Labute approximate surface area is 162 Å². The number of nitrogens with two attached hydrogens (primary N) is 1. The number of nitrogens with one attached hydrogen (secondary N) is 2. The van der Waals surface area contributed by atoms with Crippen LogP contribution in [0.3, 0.4) is 0 Å². The largest absolute Gasteiger partial charge is 0.461 e. The Morgan fingerprint density at radius 2 is 2.19 bits per heavy atom. The zero-order chi connectivity index (χ0) is 19.0. The molecule has 0 amide bonds. The average molecular weight is 382 g/mol. The number of nitriles is 1. The van der Waals surface area contributed by atoms with Crippen molar-refractivity contribution in [3.05, 3.63) is 28.3 Å². The number of thiophene rings is 1. The molecule has 140 valence electrons. The summed E-state index contributed by atoms with van der Waals surface area (Å²) in [5.74, 6) is 2.72. The van der Waals surface area contributed by atoms with Crippen LogP contribution in [0.5, 0.6) is 0 Å². The number of aromatic nitrogens is 1. The van der Waals surface area contributed by atoms with Crippen molar-refractivity contribution in [1.82, 2.24) is 10.3 Å². The summed E-state index contributed by atoms with van der Waals surface area (Å²) in [7, 11) is 0. The van der Waals surface area contributed by atoms with Crippen LogP contribution in [0.2, 0.25) is 0 Å². The van der Waals surface area contributed by atoms with Crippen molar-refractivity contribution in [3.8, 4) is 17.4 Å². The van der Waals surface area contributed by atoms with Gasteiger partial charge in [-0.3, -0.25) is 0 Å². The Morgan fingerprint density at radius 3 is 2.85 bits per heavy atom. The number of fused-ring (bicyclic) bond motifs is 1. The summed E-state index contributed by atoms with van der Waals surface area (Å²) in [5, 5.41) is 19.4. The molecule has 3 aromatic rings. The summed E-state index contributed by atoms with van der Waals surface area (Å²) < 4.78 is 5.96. The molecule has 0 spiro atoms. The lowest BCUT2D eigenvalue weighted by Crippen LogP contribution is -2.31. The molecule has 7 heteroatoms. The van der Waals surface area contributed by atoms with Crippen molar-refractivity contribution in [3.63, 3.8) is 0 Å². The van der Waals surface area contributed by atoms with Gasteiger partial charge in [-0.2, -0.15) is 5.26 Å². The predicted molar refractivity (Wildman–Crippen MR) is 110 cm³/mol. The van der Waals surface area contributed by atoms with Gasteiger partial charge in [-0.15, -0.1) is 11.3 Å². The summed E-state index contributed by atoms with van der Waals surface area (Å²) in [4.78, 5) is 5.53. The highest BCUT2D eigenvalue weighted by Crippen LogP contribution is 2.41. The van der Waals surface area contributed by atoms with E-state index in [1.165, 1.54) is 11.3 Å². The zero-order valence-electron chi connectivity index (χ0n) is 15.6. The maximum absolute atomic E-state index is 9.94. The molecule has 0 radical (unpaired) electrons. The Kier molecular flexibility index (Phi) is 4.77. The van der Waals surface area contributed by atoms with Gasteiger partial charge in [0.15, 0.2) is 0 Å². The molecular weight excluding hydrogens is 358 g/mol. The molecule has 0 unspecified atom stereocenters. The molecule has 4 N–H and O–H groups in total. The number of piperidine rings is 1. The maximum atomic E-state index is 9.94. The second-order valence-corrected chi connectivity index (χ2v) is 7.98. The van der Waals surface area contributed by atoms with Gasteiger partial charge in [0.05, 0.1) is 11.3 Å². The third-order valence-corrected chi connectivity index (χ3v) is 6.18. The number of rotatable bonds is 4. The SMILES string of the molecule is Cc1cc(-c2c(C#N)c(NCC3CCNCC3)nc3scc(N)c23)oc1C. The second kappa shape index (κ2) is 7.22. The van der Waals surface area contributed by atoms with Crippen molar-refractivity contribution < 1.29 is 4.42 Å². The van der Waals surface area contributed by atoms with E-state index >= 15 is 0 Å². The van der Waals surface area contributed by atoms with Gasteiger partial charge in [-0.05, 0) is 57.3 Å². The van der Waals surface area contributed by atoms with E-state index in [9.17, 15) is 5.26 Å². The molecule has 1 aliphatic rings. The highest BCUT2D eigenvalue weighted by Gasteiger charge is 2.23. The summed E-state index contributed by atoms with van der Waals surface area (Å²) in [6, 6.07) is 4.31. The van der Waals surface area contributed by atoms with Crippen LogP contribution in [0.15, 0.2) is 15.9 Å². The number of nitrogens with zero attached hydrogens (tertiary/aromatic N) is 2. The highest BCUT2D eigenvalue weighted by molar-refractivity contribution is 7.17. The number of pyridine rings is 1. The van der Waals surface area contributed by atoms with Crippen molar-refractivity contribution in [2.75, 3.05) is 30.7 Å². The monoisotopic (exact) mass is 381 g/mol. The number of aryl methyl sites for hydroxylation is 2. The number of nitrogen functional groups attached to an aromatic ring is 1. The first-order valence-corrected chi connectivity index (χ1v) is 10.1. The fourth-order valence-corrected chi connectivity index (χ4v) is 4.44. The van der Waals surface area contributed by atoms with Gasteiger partial charge in [0.2, 0.25) is 0 Å². The number of furan rings is 1. The first-order chi connectivity index (χ1) is 13.1. The Morgan fingerprint density at radius 1 is 1.41 bits per heavy atom.